The van der Waals surface area contributed by atoms with Gasteiger partial charge in [-0.3, -0.25) is 0 Å². The first-order valence-electron chi connectivity index (χ1n) is 5.67. The predicted molar refractivity (Wildman–Crippen MR) is 71.8 cm³/mol. The summed E-state index contributed by atoms with van der Waals surface area (Å²) < 4.78 is 13.1. The van der Waals surface area contributed by atoms with E-state index < -0.39 is 0 Å². The molecule has 0 N–H and O–H groups in total. The van der Waals surface area contributed by atoms with Crippen molar-refractivity contribution in [3.8, 4) is 0 Å². The highest BCUT2D eigenvalue weighted by Crippen LogP contribution is 2.25. The largest absolute Gasteiger partial charge is 0.372 e. The number of benzene rings is 1. The second kappa shape index (κ2) is 6.24. The Morgan fingerprint density at radius 1 is 1.44 bits per heavy atom. The second-order valence-electron chi connectivity index (χ2n) is 4.16. The molecule has 0 spiro atoms. The van der Waals surface area contributed by atoms with Crippen LogP contribution in [0, 0.1) is 5.82 Å². The smallest absolute Gasteiger partial charge is 0.123 e. The van der Waals surface area contributed by atoms with E-state index in [4.69, 9.17) is 0 Å². The molecule has 0 heterocycles. The fraction of sp³-hybridized carbons (Fsp3) is 0.538. The minimum absolute atomic E-state index is 0.172. The van der Waals surface area contributed by atoms with Crippen LogP contribution in [0.15, 0.2) is 18.2 Å². The molecule has 1 unspecified atom stereocenters. The van der Waals surface area contributed by atoms with Crippen LogP contribution >= 0.6 is 15.9 Å². The van der Waals surface area contributed by atoms with Crippen molar-refractivity contribution in [2.45, 2.75) is 38.1 Å². The maximum absolute atomic E-state index is 13.1. The van der Waals surface area contributed by atoms with E-state index in [0.29, 0.717) is 11.4 Å². The van der Waals surface area contributed by atoms with Gasteiger partial charge < -0.3 is 4.90 Å². The Hall–Kier alpha value is -0.570. The first kappa shape index (κ1) is 13.5. The maximum atomic E-state index is 13.1. The molecule has 0 saturated carbocycles. The fourth-order valence-electron chi connectivity index (χ4n) is 1.85. The zero-order valence-electron chi connectivity index (χ0n) is 10.1. The Bertz CT molecular complexity index is 341. The van der Waals surface area contributed by atoms with Gasteiger partial charge in [-0.2, -0.15) is 0 Å². The Morgan fingerprint density at radius 3 is 2.69 bits per heavy atom. The molecule has 0 bridgehead atoms. The number of halogens is 2. The van der Waals surface area contributed by atoms with Crippen LogP contribution in [-0.2, 0) is 5.33 Å². The number of hydrogen-bond acceptors (Lipinski definition) is 1. The summed E-state index contributed by atoms with van der Waals surface area (Å²) in [5.41, 5.74) is 2.12. The highest BCUT2D eigenvalue weighted by molar-refractivity contribution is 9.08. The zero-order chi connectivity index (χ0) is 12.1. The van der Waals surface area contributed by atoms with Crippen LogP contribution in [-0.4, -0.2) is 13.1 Å². The maximum Gasteiger partial charge on any atom is 0.123 e. The van der Waals surface area contributed by atoms with Crippen LogP contribution in [0.4, 0.5) is 10.1 Å². The Kier molecular flexibility index (Phi) is 5.26. The molecule has 16 heavy (non-hydrogen) atoms. The van der Waals surface area contributed by atoms with E-state index in [1.54, 1.807) is 6.07 Å². The van der Waals surface area contributed by atoms with E-state index in [2.05, 4.69) is 41.7 Å². The third-order valence-corrected chi connectivity index (χ3v) is 3.54. The minimum atomic E-state index is -0.172. The van der Waals surface area contributed by atoms with Gasteiger partial charge in [-0.05, 0) is 37.1 Å². The van der Waals surface area contributed by atoms with Crippen LogP contribution in [0.1, 0.15) is 32.3 Å². The van der Waals surface area contributed by atoms with Gasteiger partial charge in [0, 0.05) is 24.1 Å². The highest BCUT2D eigenvalue weighted by atomic mass is 79.9. The van der Waals surface area contributed by atoms with E-state index in [1.807, 2.05) is 6.07 Å². The van der Waals surface area contributed by atoms with Gasteiger partial charge in [0.15, 0.2) is 0 Å². The van der Waals surface area contributed by atoms with Crippen molar-refractivity contribution in [2.24, 2.45) is 0 Å². The van der Waals surface area contributed by atoms with E-state index in [-0.39, 0.29) is 5.82 Å². The third kappa shape index (κ3) is 3.21. The average Bonchev–Trinajstić information content (AvgIpc) is 2.28. The van der Waals surface area contributed by atoms with Gasteiger partial charge in [0.25, 0.3) is 0 Å². The molecule has 0 aliphatic carbocycles. The predicted octanol–water partition coefficient (Wildman–Crippen LogP) is 4.35. The van der Waals surface area contributed by atoms with Crippen LogP contribution in [0.25, 0.3) is 0 Å². The molecule has 1 nitrogen and oxygen atoms in total. The minimum Gasteiger partial charge on any atom is -0.372 e. The zero-order valence-corrected chi connectivity index (χ0v) is 11.7. The number of rotatable bonds is 5. The third-order valence-electron chi connectivity index (χ3n) is 2.93. The Labute approximate surface area is 106 Å². The van der Waals surface area contributed by atoms with Gasteiger partial charge in [-0.25, -0.2) is 4.39 Å². The summed E-state index contributed by atoms with van der Waals surface area (Å²) >= 11 is 3.41. The SMILES string of the molecule is CCCC(C)N(C)c1ccc(F)cc1CBr. The molecule has 0 radical (unpaired) electrons. The molecular weight excluding hydrogens is 269 g/mol. The Morgan fingerprint density at radius 2 is 2.12 bits per heavy atom. The van der Waals surface area contributed by atoms with Crippen molar-refractivity contribution in [3.63, 3.8) is 0 Å². The topological polar surface area (TPSA) is 3.24 Å². The summed E-state index contributed by atoms with van der Waals surface area (Å²) in [4.78, 5) is 2.22. The van der Waals surface area contributed by atoms with Crippen molar-refractivity contribution in [3.05, 3.63) is 29.6 Å². The van der Waals surface area contributed by atoms with E-state index in [0.717, 1.165) is 24.1 Å². The molecule has 0 fully saturated rings. The van der Waals surface area contributed by atoms with Crippen LogP contribution in [0.2, 0.25) is 0 Å². The highest BCUT2D eigenvalue weighted by Gasteiger charge is 2.12. The molecule has 1 rings (SSSR count). The van der Waals surface area contributed by atoms with Gasteiger partial charge in [0.2, 0.25) is 0 Å². The molecule has 0 saturated heterocycles. The van der Waals surface area contributed by atoms with E-state index in [1.165, 1.54) is 6.07 Å². The molecule has 0 aliphatic rings. The number of nitrogens with zero attached hydrogens (tertiary/aromatic N) is 1. The van der Waals surface area contributed by atoms with Crippen molar-refractivity contribution in [1.29, 1.82) is 0 Å². The van der Waals surface area contributed by atoms with Crippen LogP contribution in [0.3, 0.4) is 0 Å². The van der Waals surface area contributed by atoms with Crippen molar-refractivity contribution in [2.75, 3.05) is 11.9 Å². The first-order valence-corrected chi connectivity index (χ1v) is 6.79. The lowest BCUT2D eigenvalue weighted by atomic mass is 10.1. The summed E-state index contributed by atoms with van der Waals surface area (Å²) in [6.07, 6.45) is 2.31. The quantitative estimate of drug-likeness (QED) is 0.728. The summed E-state index contributed by atoms with van der Waals surface area (Å²) in [6, 6.07) is 5.46. The summed E-state index contributed by atoms with van der Waals surface area (Å²) in [5, 5.41) is 0.684. The summed E-state index contributed by atoms with van der Waals surface area (Å²) in [6.45, 7) is 4.38. The van der Waals surface area contributed by atoms with Gasteiger partial charge in [0.05, 0.1) is 0 Å². The molecule has 3 heteroatoms. The molecule has 0 amide bonds. The van der Waals surface area contributed by atoms with E-state index >= 15 is 0 Å². The van der Waals surface area contributed by atoms with Crippen molar-refractivity contribution >= 4 is 21.6 Å². The van der Waals surface area contributed by atoms with Gasteiger partial charge >= 0.3 is 0 Å². The van der Waals surface area contributed by atoms with Gasteiger partial charge in [-0.1, -0.05) is 29.3 Å². The molecular formula is C13H19BrFN. The van der Waals surface area contributed by atoms with Gasteiger partial charge in [-0.15, -0.1) is 0 Å². The summed E-state index contributed by atoms with van der Waals surface area (Å²) in [7, 11) is 2.07. The lowest BCUT2D eigenvalue weighted by Crippen LogP contribution is -2.29. The molecule has 0 aliphatic heterocycles. The standard InChI is InChI=1S/C13H19BrFN/c1-4-5-10(2)16(3)13-7-6-12(15)8-11(13)9-14/h6-8,10H,4-5,9H2,1-3H3. The van der Waals surface area contributed by atoms with Gasteiger partial charge in [0.1, 0.15) is 5.82 Å². The lowest BCUT2D eigenvalue weighted by molar-refractivity contribution is 0.609. The second-order valence-corrected chi connectivity index (χ2v) is 4.72. The monoisotopic (exact) mass is 287 g/mol. The molecule has 0 aromatic heterocycles. The Balaban J connectivity index is 2.93. The lowest BCUT2D eigenvalue weighted by Gasteiger charge is -2.28. The molecule has 90 valence electrons. The van der Waals surface area contributed by atoms with Crippen LogP contribution in [0.5, 0.6) is 0 Å². The molecule has 1 atom stereocenters. The molecule has 1 aromatic carbocycles. The average molecular weight is 288 g/mol. The number of alkyl halides is 1. The number of hydrogen-bond donors (Lipinski definition) is 0. The first-order chi connectivity index (χ1) is 7.60. The fourth-order valence-corrected chi connectivity index (χ4v) is 2.30. The molecule has 1 aromatic rings. The number of anilines is 1. The van der Waals surface area contributed by atoms with Crippen LogP contribution < -0.4 is 4.90 Å². The van der Waals surface area contributed by atoms with Crippen molar-refractivity contribution in [1.82, 2.24) is 0 Å². The summed E-state index contributed by atoms with van der Waals surface area (Å²) in [5.74, 6) is -0.172. The normalized spacial score (nSPS) is 12.6. The van der Waals surface area contributed by atoms with Crippen molar-refractivity contribution < 1.29 is 4.39 Å². The van der Waals surface area contributed by atoms with E-state index in [9.17, 15) is 4.39 Å².